The van der Waals surface area contributed by atoms with Crippen LogP contribution in [-0.4, -0.2) is 43.4 Å². The molecule has 0 unspecified atom stereocenters. The summed E-state index contributed by atoms with van der Waals surface area (Å²) in [6.07, 6.45) is 2.36. The minimum atomic E-state index is -0.586. The monoisotopic (exact) mass is 201 g/mol. The minimum Gasteiger partial charge on any atom is -0.379 e. The largest absolute Gasteiger partial charge is 0.379 e. The van der Waals surface area contributed by atoms with Crippen molar-refractivity contribution in [3.8, 4) is 0 Å². The van der Waals surface area contributed by atoms with Gasteiger partial charge >= 0.3 is 0 Å². The zero-order chi connectivity index (χ0) is 9.97. The van der Waals surface area contributed by atoms with Crippen molar-refractivity contribution in [3.05, 3.63) is 0 Å². The van der Waals surface area contributed by atoms with Crippen LogP contribution in [0.2, 0.25) is 0 Å². The van der Waals surface area contributed by atoms with E-state index < -0.39 is 6.17 Å². The molecule has 1 aliphatic heterocycles. The van der Waals surface area contributed by atoms with Crippen LogP contribution in [0.15, 0.2) is 0 Å². The first-order chi connectivity index (χ1) is 6.77. The predicted molar refractivity (Wildman–Crippen MR) is 54.1 cm³/mol. The van der Waals surface area contributed by atoms with Gasteiger partial charge < -0.3 is 4.74 Å². The fourth-order valence-corrected chi connectivity index (χ4v) is 2.52. The van der Waals surface area contributed by atoms with Crippen LogP contribution in [0, 0.1) is 5.92 Å². The number of nitrogens with zero attached hydrogens (tertiary/aromatic N) is 1. The first-order valence-electron chi connectivity index (χ1n) is 5.73. The zero-order valence-corrected chi connectivity index (χ0v) is 8.92. The fourth-order valence-electron chi connectivity index (χ4n) is 2.52. The summed E-state index contributed by atoms with van der Waals surface area (Å²) in [5, 5.41) is 0. The molecule has 2 aliphatic rings. The van der Waals surface area contributed by atoms with Crippen LogP contribution in [-0.2, 0) is 4.74 Å². The summed E-state index contributed by atoms with van der Waals surface area (Å²) >= 11 is 0. The van der Waals surface area contributed by atoms with Crippen molar-refractivity contribution in [1.82, 2.24) is 4.90 Å². The summed E-state index contributed by atoms with van der Waals surface area (Å²) in [6.45, 7) is 5.66. The molecule has 0 radical (unpaired) electrons. The van der Waals surface area contributed by atoms with Crippen molar-refractivity contribution >= 4 is 0 Å². The van der Waals surface area contributed by atoms with Gasteiger partial charge in [0.05, 0.1) is 13.2 Å². The van der Waals surface area contributed by atoms with Gasteiger partial charge in [-0.2, -0.15) is 0 Å². The Bertz CT molecular complexity index is 182. The maximum atomic E-state index is 13.5. The van der Waals surface area contributed by atoms with Crippen molar-refractivity contribution in [3.63, 3.8) is 0 Å². The maximum Gasteiger partial charge on any atom is 0.104 e. The topological polar surface area (TPSA) is 12.5 Å². The lowest BCUT2D eigenvalue weighted by Gasteiger charge is -2.39. The molecule has 3 atom stereocenters. The van der Waals surface area contributed by atoms with Crippen LogP contribution in [0.5, 0.6) is 0 Å². The van der Waals surface area contributed by atoms with E-state index in [0.717, 1.165) is 39.1 Å². The average Bonchev–Trinajstić information content (AvgIpc) is 2.23. The molecule has 3 heteroatoms. The van der Waals surface area contributed by atoms with Crippen molar-refractivity contribution in [1.29, 1.82) is 0 Å². The summed E-state index contributed by atoms with van der Waals surface area (Å²) in [7, 11) is 0. The van der Waals surface area contributed by atoms with E-state index in [-0.39, 0.29) is 5.92 Å². The van der Waals surface area contributed by atoms with Gasteiger partial charge in [-0.25, -0.2) is 4.39 Å². The Morgan fingerprint density at radius 1 is 1.21 bits per heavy atom. The summed E-state index contributed by atoms with van der Waals surface area (Å²) in [5.74, 6) is 0.271. The van der Waals surface area contributed by atoms with Crippen LogP contribution in [0.3, 0.4) is 0 Å². The number of ether oxygens (including phenoxy) is 1. The van der Waals surface area contributed by atoms with Crippen LogP contribution in [0.4, 0.5) is 4.39 Å². The molecule has 0 amide bonds. The van der Waals surface area contributed by atoms with Gasteiger partial charge in [-0.3, -0.25) is 4.90 Å². The molecule has 1 aliphatic carbocycles. The third kappa shape index (κ3) is 2.26. The SMILES string of the molecule is C[C@@H]1CC[C@@H](N2CCOCC2)C[C@@H]1F. The van der Waals surface area contributed by atoms with Crippen molar-refractivity contribution in [2.24, 2.45) is 5.92 Å². The Morgan fingerprint density at radius 2 is 1.93 bits per heavy atom. The summed E-state index contributed by atoms with van der Waals surface area (Å²) in [6, 6.07) is 0.477. The van der Waals surface area contributed by atoms with E-state index in [1.807, 2.05) is 6.92 Å². The van der Waals surface area contributed by atoms with Crippen LogP contribution in [0.1, 0.15) is 26.2 Å². The van der Waals surface area contributed by atoms with Gasteiger partial charge in [0.2, 0.25) is 0 Å². The van der Waals surface area contributed by atoms with Crippen molar-refractivity contribution < 1.29 is 9.13 Å². The van der Waals surface area contributed by atoms with E-state index in [0.29, 0.717) is 6.04 Å². The molecule has 2 nitrogen and oxygen atoms in total. The first-order valence-corrected chi connectivity index (χ1v) is 5.73. The molecule has 2 fully saturated rings. The Morgan fingerprint density at radius 3 is 2.57 bits per heavy atom. The third-order valence-electron chi connectivity index (χ3n) is 3.63. The number of hydrogen-bond donors (Lipinski definition) is 0. The van der Waals surface area contributed by atoms with Crippen molar-refractivity contribution in [2.75, 3.05) is 26.3 Å². The second-order valence-electron chi connectivity index (χ2n) is 4.61. The van der Waals surface area contributed by atoms with Crippen molar-refractivity contribution in [2.45, 2.75) is 38.4 Å². The number of rotatable bonds is 1. The minimum absolute atomic E-state index is 0.271. The molecule has 82 valence electrons. The normalized spacial score (nSPS) is 41.1. The molecule has 14 heavy (non-hydrogen) atoms. The molecule has 2 rings (SSSR count). The summed E-state index contributed by atoms with van der Waals surface area (Å²) in [5.41, 5.74) is 0. The highest BCUT2D eigenvalue weighted by molar-refractivity contribution is 4.84. The molecule has 1 saturated carbocycles. The number of morpholine rings is 1. The Balaban J connectivity index is 1.85. The van der Waals surface area contributed by atoms with Gasteiger partial charge in [0.15, 0.2) is 0 Å². The highest BCUT2D eigenvalue weighted by Crippen LogP contribution is 2.29. The predicted octanol–water partition coefficient (Wildman–Crippen LogP) is 1.85. The first kappa shape index (κ1) is 10.4. The highest BCUT2D eigenvalue weighted by Gasteiger charge is 2.31. The van der Waals surface area contributed by atoms with Gasteiger partial charge in [-0.05, 0) is 25.2 Å². The summed E-state index contributed by atoms with van der Waals surface area (Å²) in [4.78, 5) is 2.40. The lowest BCUT2D eigenvalue weighted by atomic mass is 9.85. The quantitative estimate of drug-likeness (QED) is 0.642. The molecule has 0 spiro atoms. The van der Waals surface area contributed by atoms with E-state index >= 15 is 0 Å². The van der Waals surface area contributed by atoms with Crippen LogP contribution < -0.4 is 0 Å². The zero-order valence-electron chi connectivity index (χ0n) is 8.92. The van der Waals surface area contributed by atoms with Gasteiger partial charge in [-0.1, -0.05) is 6.92 Å². The fraction of sp³-hybridized carbons (Fsp3) is 1.00. The van der Waals surface area contributed by atoms with Crippen LogP contribution in [0.25, 0.3) is 0 Å². The van der Waals surface area contributed by atoms with E-state index in [2.05, 4.69) is 4.90 Å². The number of halogens is 1. The lowest BCUT2D eigenvalue weighted by Crippen LogP contribution is -2.47. The molecule has 0 aromatic rings. The van der Waals surface area contributed by atoms with Crippen LogP contribution >= 0.6 is 0 Å². The second kappa shape index (κ2) is 4.58. The Labute approximate surface area is 85.4 Å². The van der Waals surface area contributed by atoms with Gasteiger partial charge in [0.1, 0.15) is 6.17 Å². The van der Waals surface area contributed by atoms with Gasteiger partial charge in [0.25, 0.3) is 0 Å². The standard InChI is InChI=1S/C11H20FNO/c1-9-2-3-10(8-11(9)12)13-4-6-14-7-5-13/h9-11H,2-8H2,1H3/t9-,10-,11+/m1/s1. The van der Waals surface area contributed by atoms with E-state index in [1.165, 1.54) is 6.42 Å². The molecule has 0 N–H and O–H groups in total. The third-order valence-corrected chi connectivity index (χ3v) is 3.63. The van der Waals surface area contributed by atoms with Gasteiger partial charge in [0, 0.05) is 19.1 Å². The molecule has 0 aromatic carbocycles. The van der Waals surface area contributed by atoms with Gasteiger partial charge in [-0.15, -0.1) is 0 Å². The number of hydrogen-bond acceptors (Lipinski definition) is 2. The highest BCUT2D eigenvalue weighted by atomic mass is 19.1. The Hall–Kier alpha value is -0.150. The molecule has 0 bridgehead atoms. The van der Waals surface area contributed by atoms with E-state index in [4.69, 9.17) is 4.74 Å². The maximum absolute atomic E-state index is 13.5. The van der Waals surface area contributed by atoms with E-state index in [1.54, 1.807) is 0 Å². The number of alkyl halides is 1. The average molecular weight is 201 g/mol. The summed E-state index contributed by atoms with van der Waals surface area (Å²) < 4.78 is 18.8. The molecule has 1 saturated heterocycles. The Kier molecular flexibility index (Phi) is 3.39. The van der Waals surface area contributed by atoms with E-state index in [9.17, 15) is 4.39 Å². The molecule has 0 aromatic heterocycles. The molecular formula is C11H20FNO. The molecular weight excluding hydrogens is 181 g/mol. The second-order valence-corrected chi connectivity index (χ2v) is 4.61. The smallest absolute Gasteiger partial charge is 0.104 e. The molecule has 1 heterocycles. The lowest BCUT2D eigenvalue weighted by molar-refractivity contribution is -0.00689.